The summed E-state index contributed by atoms with van der Waals surface area (Å²) in [6.07, 6.45) is 3.06. The van der Waals surface area contributed by atoms with Crippen molar-refractivity contribution in [3.63, 3.8) is 0 Å². The van der Waals surface area contributed by atoms with Crippen LogP contribution < -0.4 is 5.32 Å². The smallest absolute Gasteiger partial charge is 0.283 e. The Hall–Kier alpha value is -2.13. The predicted octanol–water partition coefficient (Wildman–Crippen LogP) is 2.58. The van der Waals surface area contributed by atoms with Crippen molar-refractivity contribution < 1.29 is 13.2 Å². The van der Waals surface area contributed by atoms with E-state index < -0.39 is 10.0 Å². The van der Waals surface area contributed by atoms with Crippen LogP contribution in [-0.2, 0) is 14.8 Å². The minimum atomic E-state index is -3.94. The molecule has 1 amide bonds. The van der Waals surface area contributed by atoms with Crippen molar-refractivity contribution in [3.8, 4) is 0 Å². The van der Waals surface area contributed by atoms with E-state index in [9.17, 15) is 13.2 Å². The molecule has 1 aromatic carbocycles. The molecule has 0 spiro atoms. The van der Waals surface area contributed by atoms with Crippen LogP contribution in [0.5, 0.6) is 0 Å². The van der Waals surface area contributed by atoms with E-state index in [1.807, 2.05) is 27.0 Å². The number of rotatable bonds is 6. The summed E-state index contributed by atoms with van der Waals surface area (Å²) in [7, 11) is -3.94. The van der Waals surface area contributed by atoms with E-state index in [2.05, 4.69) is 14.8 Å². The second-order valence-electron chi connectivity index (χ2n) is 6.54. The van der Waals surface area contributed by atoms with E-state index >= 15 is 0 Å². The topological polar surface area (TPSA) is 94.4 Å². The van der Waals surface area contributed by atoms with E-state index in [0.717, 1.165) is 0 Å². The standard InChI is InChI=1S/C16H22ClN5O3S/c1-5-21(22-10-16(3,4)9-18-22)11-19-26(24,25)13-6-7-15(14(17)8-13)20-12(2)23/h6-9,11H,5,10H2,1-4H3,(H,20,23). The fourth-order valence-corrected chi connectivity index (χ4v) is 3.41. The van der Waals surface area contributed by atoms with Gasteiger partial charge in [-0.05, 0) is 25.1 Å². The average Bonchev–Trinajstić information content (AvgIpc) is 2.89. The minimum Gasteiger partial charge on any atom is -0.325 e. The van der Waals surface area contributed by atoms with Crippen LogP contribution in [0.4, 0.5) is 5.69 Å². The number of nitrogens with zero attached hydrogens (tertiary/aromatic N) is 4. The first kappa shape index (κ1) is 20.2. The number of hydrazone groups is 1. The first-order valence-corrected chi connectivity index (χ1v) is 9.83. The molecular weight excluding hydrogens is 378 g/mol. The van der Waals surface area contributed by atoms with E-state index in [4.69, 9.17) is 11.6 Å². The zero-order valence-corrected chi connectivity index (χ0v) is 16.7. The maximum atomic E-state index is 12.5. The Kier molecular flexibility index (Phi) is 5.92. The number of hydrazine groups is 1. The largest absolute Gasteiger partial charge is 0.325 e. The van der Waals surface area contributed by atoms with Gasteiger partial charge >= 0.3 is 0 Å². The van der Waals surface area contributed by atoms with E-state index in [1.54, 1.807) is 10.1 Å². The highest BCUT2D eigenvalue weighted by Gasteiger charge is 2.27. The third-order valence-electron chi connectivity index (χ3n) is 3.58. The lowest BCUT2D eigenvalue weighted by atomic mass is 9.97. The zero-order chi connectivity index (χ0) is 19.5. The van der Waals surface area contributed by atoms with Gasteiger partial charge in [0.25, 0.3) is 10.0 Å². The van der Waals surface area contributed by atoms with Crippen molar-refractivity contribution >= 4 is 45.8 Å². The lowest BCUT2D eigenvalue weighted by Gasteiger charge is -2.28. The highest BCUT2D eigenvalue weighted by Crippen LogP contribution is 2.26. The summed E-state index contributed by atoms with van der Waals surface area (Å²) >= 11 is 6.04. The molecule has 2 rings (SSSR count). The van der Waals surface area contributed by atoms with E-state index in [1.165, 1.54) is 31.5 Å². The van der Waals surface area contributed by atoms with Crippen LogP contribution in [-0.4, -0.2) is 50.1 Å². The highest BCUT2D eigenvalue weighted by atomic mass is 35.5. The van der Waals surface area contributed by atoms with Crippen LogP contribution in [0.1, 0.15) is 27.7 Å². The van der Waals surface area contributed by atoms with Gasteiger partial charge in [-0.2, -0.15) is 13.5 Å². The van der Waals surface area contributed by atoms with Crippen molar-refractivity contribution in [2.24, 2.45) is 14.9 Å². The monoisotopic (exact) mass is 399 g/mol. The van der Waals surface area contributed by atoms with Crippen molar-refractivity contribution in [1.29, 1.82) is 0 Å². The van der Waals surface area contributed by atoms with Gasteiger partial charge in [-0.25, -0.2) is 5.12 Å². The van der Waals surface area contributed by atoms with Crippen LogP contribution >= 0.6 is 11.6 Å². The summed E-state index contributed by atoms with van der Waals surface area (Å²) in [5.41, 5.74) is 0.249. The summed E-state index contributed by atoms with van der Waals surface area (Å²) in [5, 5.41) is 10.2. The quantitative estimate of drug-likeness (QED) is 0.586. The molecule has 0 aromatic heterocycles. The van der Waals surface area contributed by atoms with Crippen molar-refractivity contribution in [3.05, 3.63) is 23.2 Å². The van der Waals surface area contributed by atoms with E-state index in [0.29, 0.717) is 18.8 Å². The van der Waals surface area contributed by atoms with Crippen molar-refractivity contribution in [1.82, 2.24) is 10.1 Å². The molecule has 0 radical (unpaired) electrons. The lowest BCUT2D eigenvalue weighted by molar-refractivity contribution is -0.114. The van der Waals surface area contributed by atoms with Gasteiger partial charge in [-0.3, -0.25) is 9.80 Å². The van der Waals surface area contributed by atoms with Gasteiger partial charge in [-0.1, -0.05) is 25.4 Å². The second kappa shape index (κ2) is 7.63. The number of carbonyl (C=O) groups is 1. The summed E-state index contributed by atoms with van der Waals surface area (Å²) in [4.78, 5) is 11.0. The van der Waals surface area contributed by atoms with Gasteiger partial charge in [0.05, 0.1) is 22.2 Å². The van der Waals surface area contributed by atoms with E-state index in [-0.39, 0.29) is 21.2 Å². The number of amides is 1. The maximum absolute atomic E-state index is 12.5. The Bertz CT molecular complexity index is 851. The number of benzene rings is 1. The summed E-state index contributed by atoms with van der Waals surface area (Å²) in [6, 6.07) is 4.03. The molecule has 1 heterocycles. The molecular formula is C16H22ClN5O3S. The summed E-state index contributed by atoms with van der Waals surface area (Å²) < 4.78 is 28.6. The molecule has 0 unspecified atom stereocenters. The third-order valence-corrected chi connectivity index (χ3v) is 5.11. The number of halogens is 1. The van der Waals surface area contributed by atoms with Crippen molar-refractivity contribution in [2.75, 3.05) is 18.4 Å². The van der Waals surface area contributed by atoms with Gasteiger partial charge in [-0.15, -0.1) is 4.40 Å². The SMILES string of the molecule is CCN(C=NS(=O)(=O)c1ccc(NC(C)=O)c(Cl)c1)N1CC(C)(C)C=N1. The summed E-state index contributed by atoms with van der Waals surface area (Å²) in [6.45, 7) is 8.43. The fraction of sp³-hybridized carbons (Fsp3) is 0.438. The molecule has 26 heavy (non-hydrogen) atoms. The molecule has 1 aliphatic heterocycles. The van der Waals surface area contributed by atoms with Crippen LogP contribution in [0.15, 0.2) is 32.6 Å². The molecule has 0 fully saturated rings. The maximum Gasteiger partial charge on any atom is 0.283 e. The summed E-state index contributed by atoms with van der Waals surface area (Å²) in [5.74, 6) is -0.298. The second-order valence-corrected chi connectivity index (χ2v) is 8.58. The number of hydrogen-bond donors (Lipinski definition) is 1. The lowest BCUT2D eigenvalue weighted by Crippen LogP contribution is -2.39. The van der Waals surface area contributed by atoms with Gasteiger partial charge in [0.2, 0.25) is 5.91 Å². The van der Waals surface area contributed by atoms with Crippen LogP contribution in [0.2, 0.25) is 5.02 Å². The third kappa shape index (κ3) is 4.95. The molecule has 10 heteroatoms. The Morgan fingerprint density at radius 1 is 1.50 bits per heavy atom. The number of anilines is 1. The first-order chi connectivity index (χ1) is 12.0. The molecule has 1 N–H and O–H groups in total. The molecule has 0 saturated carbocycles. The molecule has 1 aromatic rings. The molecule has 0 atom stereocenters. The number of nitrogens with one attached hydrogen (secondary N) is 1. The Labute approximate surface area is 158 Å². The molecule has 0 aliphatic carbocycles. The number of sulfonamides is 1. The Balaban J connectivity index is 2.19. The van der Waals surface area contributed by atoms with Gasteiger partial charge in [0, 0.05) is 25.1 Å². The molecule has 142 valence electrons. The van der Waals surface area contributed by atoms with Gasteiger partial charge in [0.1, 0.15) is 6.34 Å². The van der Waals surface area contributed by atoms with Crippen LogP contribution in [0, 0.1) is 5.41 Å². The predicted molar refractivity (Wildman–Crippen MR) is 103 cm³/mol. The fourth-order valence-electron chi connectivity index (χ4n) is 2.26. The van der Waals surface area contributed by atoms with Gasteiger partial charge in [0.15, 0.2) is 0 Å². The molecule has 0 bridgehead atoms. The highest BCUT2D eigenvalue weighted by molar-refractivity contribution is 7.90. The number of carbonyl (C=O) groups excluding carboxylic acids is 1. The van der Waals surface area contributed by atoms with Crippen molar-refractivity contribution in [2.45, 2.75) is 32.6 Å². The van der Waals surface area contributed by atoms with Gasteiger partial charge < -0.3 is 5.32 Å². The van der Waals surface area contributed by atoms with Crippen LogP contribution in [0.25, 0.3) is 0 Å². The zero-order valence-electron chi connectivity index (χ0n) is 15.1. The normalized spacial score (nSPS) is 16.3. The molecule has 0 saturated heterocycles. The molecule has 1 aliphatic rings. The van der Waals surface area contributed by atoms with Crippen LogP contribution in [0.3, 0.4) is 0 Å². The Morgan fingerprint density at radius 3 is 2.69 bits per heavy atom. The minimum absolute atomic E-state index is 0.0610. The molecule has 8 nitrogen and oxygen atoms in total. The first-order valence-electron chi connectivity index (χ1n) is 8.01. The Morgan fingerprint density at radius 2 is 2.19 bits per heavy atom. The number of hydrogen-bond acceptors (Lipinski definition) is 5. The average molecular weight is 400 g/mol.